The van der Waals surface area contributed by atoms with E-state index in [-0.39, 0.29) is 33.9 Å². The number of amides is 1. The number of carbonyl (C=O) groups excluding carboxylic acids is 2. The Bertz CT molecular complexity index is 775. The van der Waals surface area contributed by atoms with E-state index in [1.54, 1.807) is 0 Å². The second-order valence-electron chi connectivity index (χ2n) is 5.03. The largest absolute Gasteiger partial charge is 0.463 e. The van der Waals surface area contributed by atoms with Gasteiger partial charge in [0.25, 0.3) is 11.6 Å². The topological polar surface area (TPSA) is 111 Å². The molecule has 1 aromatic rings. The quantitative estimate of drug-likeness (QED) is 0.348. The van der Waals surface area contributed by atoms with E-state index >= 15 is 0 Å². The fourth-order valence-corrected chi connectivity index (χ4v) is 2.02. The fourth-order valence-electron chi connectivity index (χ4n) is 1.74. The first-order chi connectivity index (χ1) is 10.3. The minimum atomic E-state index is -1.48. The molecule has 1 aliphatic rings. The summed E-state index contributed by atoms with van der Waals surface area (Å²) in [5, 5.41) is 10.6. The Labute approximate surface area is 129 Å². The zero-order chi connectivity index (χ0) is 16.4. The number of rotatable bonds is 4. The first-order valence-electron chi connectivity index (χ1n) is 6.41. The van der Waals surface area contributed by atoms with E-state index < -0.39 is 22.8 Å². The molecule has 116 valence electrons. The number of nitrogens with zero attached hydrogens (tertiary/aromatic N) is 3. The van der Waals surface area contributed by atoms with E-state index in [0.29, 0.717) is 0 Å². The number of hydrogen-bond donors (Lipinski definition) is 0. The molecule has 1 aromatic carbocycles. The maximum Gasteiger partial charge on any atom is 0.340 e. The van der Waals surface area contributed by atoms with E-state index in [0.717, 1.165) is 6.07 Å². The molecule has 0 aromatic heterocycles. The highest BCUT2D eigenvalue weighted by molar-refractivity contribution is 6.32. The van der Waals surface area contributed by atoms with Crippen molar-refractivity contribution in [2.24, 2.45) is 15.9 Å². The van der Waals surface area contributed by atoms with Crippen LogP contribution in [0.3, 0.4) is 0 Å². The lowest BCUT2D eigenvalue weighted by Gasteiger charge is -2.13. The molecule has 1 amide bonds. The average molecular weight is 326 g/mol. The maximum atomic E-state index is 11.9. The molecule has 0 aliphatic carbocycles. The summed E-state index contributed by atoms with van der Waals surface area (Å²) in [5.41, 5.74) is -0.372. The van der Waals surface area contributed by atoms with Crippen LogP contribution < -0.4 is 10.7 Å². The van der Waals surface area contributed by atoms with Crippen molar-refractivity contribution in [3.63, 3.8) is 0 Å². The molecule has 1 aliphatic heterocycles. The number of ether oxygens (including phenoxy) is 1. The second-order valence-corrected chi connectivity index (χ2v) is 5.41. The Kier molecular flexibility index (Phi) is 4.51. The van der Waals surface area contributed by atoms with Gasteiger partial charge in [-0.1, -0.05) is 25.4 Å². The maximum absolute atomic E-state index is 11.9. The third kappa shape index (κ3) is 3.11. The molecule has 0 radical (unpaired) electrons. The van der Waals surface area contributed by atoms with Gasteiger partial charge in [0.15, 0.2) is 0 Å². The summed E-state index contributed by atoms with van der Waals surface area (Å²) in [7, 11) is 0. The monoisotopic (exact) mass is 325 g/mol. The number of esters is 1. The van der Waals surface area contributed by atoms with E-state index in [1.165, 1.54) is 6.07 Å². The van der Waals surface area contributed by atoms with Crippen molar-refractivity contribution in [1.29, 1.82) is 0 Å². The van der Waals surface area contributed by atoms with Crippen molar-refractivity contribution in [3.8, 4) is 0 Å². The normalized spacial score (nSPS) is 16.5. The summed E-state index contributed by atoms with van der Waals surface area (Å²) in [6.07, 6.45) is 0. The molecule has 2 rings (SSSR count). The van der Waals surface area contributed by atoms with Crippen molar-refractivity contribution in [2.45, 2.75) is 19.9 Å². The lowest BCUT2D eigenvalue weighted by atomic mass is 10.2. The van der Waals surface area contributed by atoms with Gasteiger partial charge in [0, 0.05) is 6.07 Å². The van der Waals surface area contributed by atoms with Gasteiger partial charge in [0.2, 0.25) is 6.04 Å². The number of nitro groups is 1. The number of fused-ring (bicyclic) bond motifs is 1. The van der Waals surface area contributed by atoms with Gasteiger partial charge in [-0.3, -0.25) is 19.9 Å². The highest BCUT2D eigenvalue weighted by Gasteiger charge is 2.31. The highest BCUT2D eigenvalue weighted by atomic mass is 35.5. The van der Waals surface area contributed by atoms with Crippen molar-refractivity contribution >= 4 is 29.2 Å². The molecule has 22 heavy (non-hydrogen) atoms. The first kappa shape index (κ1) is 16.0. The molecule has 1 unspecified atom stereocenters. The van der Waals surface area contributed by atoms with Gasteiger partial charge in [-0.2, -0.15) is 0 Å². The smallest absolute Gasteiger partial charge is 0.340 e. The van der Waals surface area contributed by atoms with Crippen LogP contribution in [0.1, 0.15) is 13.8 Å². The molecule has 0 saturated carbocycles. The fraction of sp³-hybridized carbons (Fsp3) is 0.385. The van der Waals surface area contributed by atoms with Gasteiger partial charge in [-0.15, -0.1) is 0 Å². The molecule has 0 saturated heterocycles. The molecule has 1 atom stereocenters. The summed E-state index contributed by atoms with van der Waals surface area (Å²) >= 11 is 5.91. The lowest BCUT2D eigenvalue weighted by Crippen LogP contribution is -2.42. The number of halogens is 1. The van der Waals surface area contributed by atoms with Crippen molar-refractivity contribution < 1.29 is 19.2 Å². The third-order valence-corrected chi connectivity index (χ3v) is 3.15. The van der Waals surface area contributed by atoms with Crippen LogP contribution in [0.2, 0.25) is 5.02 Å². The van der Waals surface area contributed by atoms with Crippen LogP contribution in [0.4, 0.5) is 5.69 Å². The molecule has 0 spiro atoms. The number of hydrogen-bond acceptors (Lipinski definition) is 6. The predicted molar refractivity (Wildman–Crippen MR) is 75.0 cm³/mol. The minimum absolute atomic E-state index is 0.0537. The zero-order valence-corrected chi connectivity index (χ0v) is 12.5. The van der Waals surface area contributed by atoms with Crippen LogP contribution >= 0.6 is 11.6 Å². The molecule has 9 heteroatoms. The first-order valence-corrected chi connectivity index (χ1v) is 6.79. The standard InChI is InChI=1S/C13H12ClN3O5/c1-6(2)5-22-13(19)11-12(18)15-7-3-4-8(17(20)21)9(14)10(7)16-11/h3-4,6,11H,5H2,1-2H3. The minimum Gasteiger partial charge on any atom is -0.463 e. The van der Waals surface area contributed by atoms with Crippen molar-refractivity contribution in [3.05, 3.63) is 38.0 Å². The van der Waals surface area contributed by atoms with Gasteiger partial charge in [-0.25, -0.2) is 9.79 Å². The Morgan fingerprint density at radius 1 is 1.50 bits per heavy atom. The van der Waals surface area contributed by atoms with Gasteiger partial charge in [0.1, 0.15) is 10.4 Å². The number of carbonyl (C=O) groups is 2. The van der Waals surface area contributed by atoms with E-state index in [1.807, 2.05) is 13.8 Å². The molecular weight excluding hydrogens is 314 g/mol. The number of nitro benzene ring substituents is 1. The van der Waals surface area contributed by atoms with Crippen molar-refractivity contribution in [2.75, 3.05) is 6.61 Å². The van der Waals surface area contributed by atoms with Gasteiger partial charge < -0.3 is 4.74 Å². The lowest BCUT2D eigenvalue weighted by molar-refractivity contribution is -0.384. The summed E-state index contributed by atoms with van der Waals surface area (Å²) in [4.78, 5) is 41.5. The molecule has 0 bridgehead atoms. The summed E-state index contributed by atoms with van der Waals surface area (Å²) in [5.74, 6) is -1.54. The average Bonchev–Trinajstić information content (AvgIpc) is 2.44. The second kappa shape index (κ2) is 6.18. The summed E-state index contributed by atoms with van der Waals surface area (Å²) in [6, 6.07) is 0.909. The van der Waals surface area contributed by atoms with Crippen LogP contribution in [-0.2, 0) is 14.3 Å². The predicted octanol–water partition coefficient (Wildman–Crippen LogP) is 0.595. The van der Waals surface area contributed by atoms with Crippen LogP contribution in [-0.4, -0.2) is 29.4 Å². The van der Waals surface area contributed by atoms with E-state index in [4.69, 9.17) is 16.3 Å². The van der Waals surface area contributed by atoms with Crippen molar-refractivity contribution in [1.82, 2.24) is 0 Å². The van der Waals surface area contributed by atoms with E-state index in [2.05, 4.69) is 9.98 Å². The van der Waals surface area contributed by atoms with Crippen LogP contribution in [0.25, 0.3) is 0 Å². The van der Waals surface area contributed by atoms with E-state index in [9.17, 15) is 19.7 Å². The highest BCUT2D eigenvalue weighted by Crippen LogP contribution is 2.18. The summed E-state index contributed by atoms with van der Waals surface area (Å²) in [6.45, 7) is 3.81. The Hall–Kier alpha value is -2.35. The molecule has 0 N–H and O–H groups in total. The van der Waals surface area contributed by atoms with Gasteiger partial charge in [0.05, 0.1) is 16.9 Å². The molecular formula is C13H12ClN3O5. The Morgan fingerprint density at radius 2 is 2.18 bits per heavy atom. The third-order valence-electron chi connectivity index (χ3n) is 2.78. The van der Waals surface area contributed by atoms with Crippen LogP contribution in [0, 0.1) is 16.0 Å². The Balaban J connectivity index is 2.45. The van der Waals surface area contributed by atoms with Gasteiger partial charge >= 0.3 is 5.97 Å². The van der Waals surface area contributed by atoms with Gasteiger partial charge in [-0.05, 0) is 12.0 Å². The molecule has 8 nitrogen and oxygen atoms in total. The zero-order valence-electron chi connectivity index (χ0n) is 11.8. The number of benzene rings is 1. The Morgan fingerprint density at radius 3 is 2.77 bits per heavy atom. The van der Waals surface area contributed by atoms with Crippen LogP contribution in [0.15, 0.2) is 22.1 Å². The SMILES string of the molecule is CC(C)COC(=O)C1N=c2c(Cl)c([N+](=O)[O-])ccc2=NC1=O. The molecule has 0 fully saturated rings. The molecule has 1 heterocycles. The van der Waals surface area contributed by atoms with Crippen LogP contribution in [0.5, 0.6) is 0 Å². The summed E-state index contributed by atoms with van der Waals surface area (Å²) < 4.78 is 4.96.